The minimum absolute atomic E-state index is 0.0663. The highest BCUT2D eigenvalue weighted by atomic mass is 32.2. The molecular weight excluding hydrogens is 410 g/mol. The van der Waals surface area contributed by atoms with Gasteiger partial charge >= 0.3 is 0 Å². The van der Waals surface area contributed by atoms with Crippen molar-refractivity contribution in [1.29, 1.82) is 0 Å². The molecule has 8 heteroatoms. The Morgan fingerprint density at radius 1 is 1.03 bits per heavy atom. The van der Waals surface area contributed by atoms with E-state index in [1.165, 1.54) is 34.7 Å². The maximum absolute atomic E-state index is 13.5. The minimum atomic E-state index is -3.92. The molecule has 2 aromatic carbocycles. The number of anilines is 1. The van der Waals surface area contributed by atoms with Gasteiger partial charge in [0.05, 0.1) is 17.1 Å². The van der Waals surface area contributed by atoms with E-state index in [1.807, 2.05) is 17.5 Å². The standard InChI is InChI=1S/C21H19NO5S2/c1-15(23)16-4-2-6-19(12-16)29(24,25)22(14-18-5-3-11-28-18)17-7-8-20-21(13-17)27-10-9-26-20/h2-8,11-13H,9-10,14H2,1H3. The third-order valence-electron chi connectivity index (χ3n) is 4.52. The van der Waals surface area contributed by atoms with E-state index in [2.05, 4.69) is 0 Å². The molecule has 3 aromatic rings. The second kappa shape index (κ2) is 7.88. The second-order valence-corrected chi connectivity index (χ2v) is 9.40. The van der Waals surface area contributed by atoms with E-state index in [1.54, 1.807) is 30.3 Å². The van der Waals surface area contributed by atoms with Crippen LogP contribution >= 0.6 is 11.3 Å². The Kier molecular flexibility index (Phi) is 5.29. The second-order valence-electron chi connectivity index (χ2n) is 6.50. The molecule has 0 amide bonds. The van der Waals surface area contributed by atoms with Gasteiger partial charge in [0.2, 0.25) is 0 Å². The third-order valence-corrected chi connectivity index (χ3v) is 7.15. The fourth-order valence-electron chi connectivity index (χ4n) is 3.05. The Labute approximate surface area is 173 Å². The summed E-state index contributed by atoms with van der Waals surface area (Å²) in [6.45, 7) is 2.45. The lowest BCUT2D eigenvalue weighted by Gasteiger charge is -2.26. The third kappa shape index (κ3) is 3.99. The first-order valence-corrected chi connectivity index (χ1v) is 11.3. The molecule has 1 aliphatic heterocycles. The summed E-state index contributed by atoms with van der Waals surface area (Å²) in [6, 6.07) is 15.0. The fourth-order valence-corrected chi connectivity index (χ4v) is 5.30. The molecule has 0 unspecified atom stereocenters. The number of sulfonamides is 1. The molecule has 0 atom stereocenters. The van der Waals surface area contributed by atoms with Gasteiger partial charge in [-0.1, -0.05) is 18.2 Å². The number of ether oxygens (including phenoxy) is 2. The summed E-state index contributed by atoms with van der Waals surface area (Å²) in [6.07, 6.45) is 0. The van der Waals surface area contributed by atoms with Gasteiger partial charge in [-0.25, -0.2) is 8.42 Å². The summed E-state index contributed by atoms with van der Waals surface area (Å²) in [4.78, 5) is 12.7. The summed E-state index contributed by atoms with van der Waals surface area (Å²) in [7, 11) is -3.92. The predicted octanol–water partition coefficient (Wildman–Crippen LogP) is 4.12. The summed E-state index contributed by atoms with van der Waals surface area (Å²) < 4.78 is 39.6. The highest BCUT2D eigenvalue weighted by Crippen LogP contribution is 2.36. The molecule has 0 aliphatic carbocycles. The first-order valence-electron chi connectivity index (χ1n) is 9.01. The Bertz CT molecular complexity index is 1140. The maximum atomic E-state index is 13.5. The minimum Gasteiger partial charge on any atom is -0.486 e. The van der Waals surface area contributed by atoms with Crippen molar-refractivity contribution >= 4 is 32.8 Å². The summed E-state index contributed by atoms with van der Waals surface area (Å²) in [5.41, 5.74) is 0.820. The van der Waals surface area contributed by atoms with Gasteiger partial charge in [-0.3, -0.25) is 9.10 Å². The van der Waals surface area contributed by atoms with E-state index in [9.17, 15) is 13.2 Å². The largest absolute Gasteiger partial charge is 0.486 e. The average Bonchev–Trinajstić information content (AvgIpc) is 3.25. The number of fused-ring (bicyclic) bond motifs is 1. The fraction of sp³-hybridized carbons (Fsp3) is 0.190. The van der Waals surface area contributed by atoms with Crippen molar-refractivity contribution in [2.24, 2.45) is 0 Å². The zero-order chi connectivity index (χ0) is 20.4. The van der Waals surface area contributed by atoms with Crippen LogP contribution in [0.4, 0.5) is 5.69 Å². The maximum Gasteiger partial charge on any atom is 0.264 e. The molecule has 1 aliphatic rings. The van der Waals surface area contributed by atoms with E-state index < -0.39 is 10.0 Å². The number of rotatable bonds is 6. The van der Waals surface area contributed by atoms with Crippen LogP contribution in [0.2, 0.25) is 0 Å². The lowest BCUT2D eigenvalue weighted by atomic mass is 10.2. The van der Waals surface area contributed by atoms with E-state index in [-0.39, 0.29) is 17.2 Å². The molecule has 0 saturated heterocycles. The van der Waals surface area contributed by atoms with E-state index >= 15 is 0 Å². The number of ketones is 1. The van der Waals surface area contributed by atoms with Gasteiger partial charge in [-0.15, -0.1) is 11.3 Å². The molecule has 6 nitrogen and oxygen atoms in total. The molecule has 0 saturated carbocycles. The van der Waals surface area contributed by atoms with Crippen LogP contribution in [0.5, 0.6) is 11.5 Å². The molecule has 0 bridgehead atoms. The predicted molar refractivity (Wildman–Crippen MR) is 112 cm³/mol. The van der Waals surface area contributed by atoms with Gasteiger partial charge < -0.3 is 9.47 Å². The van der Waals surface area contributed by atoms with Crippen LogP contribution < -0.4 is 13.8 Å². The van der Waals surface area contributed by atoms with Crippen LogP contribution in [-0.2, 0) is 16.6 Å². The number of hydrogen-bond acceptors (Lipinski definition) is 6. The van der Waals surface area contributed by atoms with Crippen LogP contribution in [-0.4, -0.2) is 27.4 Å². The summed E-state index contributed by atoms with van der Waals surface area (Å²) >= 11 is 1.48. The number of carbonyl (C=O) groups is 1. The van der Waals surface area contributed by atoms with Crippen LogP contribution in [0.15, 0.2) is 64.9 Å². The number of Topliss-reactive ketones (excluding diaryl/α,β-unsaturated/α-hetero) is 1. The Morgan fingerprint density at radius 3 is 2.55 bits per heavy atom. The Morgan fingerprint density at radius 2 is 1.83 bits per heavy atom. The first-order chi connectivity index (χ1) is 13.9. The number of nitrogens with zero attached hydrogens (tertiary/aromatic N) is 1. The lowest BCUT2D eigenvalue weighted by molar-refractivity contribution is 0.101. The number of hydrogen-bond donors (Lipinski definition) is 0. The van der Waals surface area contributed by atoms with Crippen molar-refractivity contribution in [2.75, 3.05) is 17.5 Å². The normalized spacial score (nSPS) is 13.1. The molecule has 0 radical (unpaired) electrons. The molecule has 4 rings (SSSR count). The van der Waals surface area contributed by atoms with E-state index in [0.717, 1.165) is 4.88 Å². The quantitative estimate of drug-likeness (QED) is 0.551. The van der Waals surface area contributed by atoms with Crippen molar-refractivity contribution in [3.05, 3.63) is 70.4 Å². The first kappa shape index (κ1) is 19.5. The topological polar surface area (TPSA) is 72.9 Å². The average molecular weight is 430 g/mol. The van der Waals surface area contributed by atoms with Crippen LogP contribution in [0.1, 0.15) is 22.2 Å². The Balaban J connectivity index is 1.80. The zero-order valence-electron chi connectivity index (χ0n) is 15.7. The van der Waals surface area contributed by atoms with Crippen molar-refractivity contribution < 1.29 is 22.7 Å². The van der Waals surface area contributed by atoms with Crippen LogP contribution in [0, 0.1) is 0 Å². The SMILES string of the molecule is CC(=O)c1cccc(S(=O)(=O)N(Cc2cccs2)c2ccc3c(c2)OCCO3)c1. The highest BCUT2D eigenvalue weighted by Gasteiger charge is 2.27. The molecule has 0 fully saturated rings. The molecule has 1 aromatic heterocycles. The number of carbonyl (C=O) groups excluding carboxylic acids is 1. The van der Waals surface area contributed by atoms with Gasteiger partial charge in [0.15, 0.2) is 17.3 Å². The summed E-state index contributed by atoms with van der Waals surface area (Å²) in [5, 5.41) is 1.90. The van der Waals surface area contributed by atoms with E-state index in [0.29, 0.717) is 36.0 Å². The number of thiophene rings is 1. The molecular formula is C21H19NO5S2. The van der Waals surface area contributed by atoms with E-state index in [4.69, 9.17) is 9.47 Å². The molecule has 0 spiro atoms. The lowest BCUT2D eigenvalue weighted by Crippen LogP contribution is -2.30. The van der Waals surface area contributed by atoms with Crippen LogP contribution in [0.25, 0.3) is 0 Å². The highest BCUT2D eigenvalue weighted by molar-refractivity contribution is 7.92. The van der Waals surface area contributed by atoms with Gasteiger partial charge in [0.25, 0.3) is 10.0 Å². The van der Waals surface area contributed by atoms with Crippen molar-refractivity contribution in [3.8, 4) is 11.5 Å². The smallest absolute Gasteiger partial charge is 0.264 e. The van der Waals surface area contributed by atoms with Crippen molar-refractivity contribution in [1.82, 2.24) is 0 Å². The van der Waals surface area contributed by atoms with Gasteiger partial charge in [-0.05, 0) is 42.6 Å². The molecule has 29 heavy (non-hydrogen) atoms. The van der Waals surface area contributed by atoms with Gasteiger partial charge in [0.1, 0.15) is 13.2 Å². The molecule has 150 valence electrons. The van der Waals surface area contributed by atoms with Crippen molar-refractivity contribution in [2.45, 2.75) is 18.4 Å². The number of benzene rings is 2. The Hall–Kier alpha value is -2.84. The zero-order valence-corrected chi connectivity index (χ0v) is 17.3. The van der Waals surface area contributed by atoms with Crippen molar-refractivity contribution in [3.63, 3.8) is 0 Å². The molecule has 0 N–H and O–H groups in total. The van der Waals surface area contributed by atoms with Crippen LogP contribution in [0.3, 0.4) is 0 Å². The van der Waals surface area contributed by atoms with Gasteiger partial charge in [-0.2, -0.15) is 0 Å². The van der Waals surface area contributed by atoms with Gasteiger partial charge in [0, 0.05) is 16.5 Å². The monoisotopic (exact) mass is 429 g/mol. The summed E-state index contributed by atoms with van der Waals surface area (Å²) in [5.74, 6) is 0.913. The molecule has 2 heterocycles.